The third-order valence-electron chi connectivity index (χ3n) is 5.94. The van der Waals surface area contributed by atoms with E-state index in [0.717, 1.165) is 0 Å². The summed E-state index contributed by atoms with van der Waals surface area (Å²) < 4.78 is 45.1. The number of aliphatic hydroxyl groups is 1. The molecule has 1 fully saturated rings. The van der Waals surface area contributed by atoms with Gasteiger partial charge in [-0.2, -0.15) is 0 Å². The third-order valence-corrected chi connectivity index (χ3v) is 5.94. The van der Waals surface area contributed by atoms with Crippen LogP contribution in [0.15, 0.2) is 42.5 Å². The largest absolute Gasteiger partial charge is 0.504 e. The van der Waals surface area contributed by atoms with E-state index in [0.29, 0.717) is 17.1 Å². The van der Waals surface area contributed by atoms with Crippen LogP contribution in [0.4, 0.5) is 0 Å². The van der Waals surface area contributed by atoms with E-state index in [1.807, 2.05) is 0 Å². The Labute approximate surface area is 226 Å². The highest BCUT2D eigenvalue weighted by Gasteiger charge is 2.47. The van der Waals surface area contributed by atoms with Gasteiger partial charge in [0.2, 0.25) is 0 Å². The van der Waals surface area contributed by atoms with Crippen LogP contribution in [0.2, 0.25) is 0 Å². The number of phenolic OH excluding ortho intramolecular Hbond substituents is 1. The molecule has 2 aromatic rings. The molecule has 1 saturated heterocycles. The molecule has 0 saturated carbocycles. The number of aliphatic hydroxyl groups excluding tert-OH is 1. The van der Waals surface area contributed by atoms with Gasteiger partial charge >= 0.3 is 11.9 Å². The highest BCUT2D eigenvalue weighted by atomic mass is 16.7. The van der Waals surface area contributed by atoms with Crippen LogP contribution in [-0.2, 0) is 33.3 Å². The first-order chi connectivity index (χ1) is 18.7. The highest BCUT2D eigenvalue weighted by molar-refractivity contribution is 5.67. The average molecular weight is 551 g/mol. The van der Waals surface area contributed by atoms with E-state index < -0.39 is 55.4 Å². The molecule has 12 heteroatoms. The van der Waals surface area contributed by atoms with Crippen LogP contribution in [0.1, 0.15) is 25.5 Å². The van der Waals surface area contributed by atoms with Gasteiger partial charge < -0.3 is 48.1 Å². The van der Waals surface area contributed by atoms with Crippen molar-refractivity contribution in [3.63, 3.8) is 0 Å². The summed E-state index contributed by atoms with van der Waals surface area (Å²) in [5.74, 6) is -0.473. The first-order valence-electron chi connectivity index (χ1n) is 12.1. The summed E-state index contributed by atoms with van der Waals surface area (Å²) in [4.78, 5) is 23.9. The maximum absolute atomic E-state index is 12.0. The predicted molar refractivity (Wildman–Crippen MR) is 135 cm³/mol. The third kappa shape index (κ3) is 7.51. The number of hydrogen-bond acceptors (Lipinski definition) is 12. The second kappa shape index (κ2) is 14.0. The molecule has 1 aliphatic heterocycles. The number of esters is 2. The van der Waals surface area contributed by atoms with Gasteiger partial charge in [-0.3, -0.25) is 9.59 Å². The number of benzene rings is 2. The van der Waals surface area contributed by atoms with Gasteiger partial charge in [-0.05, 0) is 29.8 Å². The second-order valence-corrected chi connectivity index (χ2v) is 8.60. The first kappa shape index (κ1) is 30.0. The number of aromatic hydroxyl groups is 1. The van der Waals surface area contributed by atoms with Gasteiger partial charge in [0.15, 0.2) is 47.6 Å². The van der Waals surface area contributed by atoms with Gasteiger partial charge in [-0.15, -0.1) is 0 Å². The topological polar surface area (TPSA) is 148 Å². The van der Waals surface area contributed by atoms with Crippen LogP contribution < -0.4 is 14.2 Å². The molecule has 214 valence electrons. The normalized spacial score (nSPS) is 22.3. The summed E-state index contributed by atoms with van der Waals surface area (Å²) in [7, 11) is 4.24. The van der Waals surface area contributed by atoms with E-state index >= 15 is 0 Å². The molecule has 39 heavy (non-hydrogen) atoms. The van der Waals surface area contributed by atoms with Crippen LogP contribution in [0.3, 0.4) is 0 Å². The number of ether oxygens (including phenoxy) is 8. The monoisotopic (exact) mass is 550 g/mol. The molecule has 3 rings (SSSR count). The zero-order valence-electron chi connectivity index (χ0n) is 22.4. The number of hydrogen-bond donors (Lipinski definition) is 2. The molecular weight excluding hydrogens is 516 g/mol. The number of carbonyl (C=O) groups excluding carboxylic acids is 2. The Bertz CT molecular complexity index is 1110. The predicted octanol–water partition coefficient (Wildman–Crippen LogP) is 2.14. The average Bonchev–Trinajstić information content (AvgIpc) is 2.92. The Morgan fingerprint density at radius 1 is 0.949 bits per heavy atom. The molecule has 2 aromatic carbocycles. The number of rotatable bonds is 12. The number of carbonyl (C=O) groups is 2. The van der Waals surface area contributed by atoms with Crippen LogP contribution in [-0.4, -0.2) is 87.4 Å². The fraction of sp³-hybridized carbons (Fsp3) is 0.481. The molecule has 0 aliphatic carbocycles. The Kier molecular flexibility index (Phi) is 10.8. The minimum absolute atomic E-state index is 0.108. The molecule has 6 atom stereocenters. The Hall–Kier alpha value is -3.58. The fourth-order valence-corrected chi connectivity index (χ4v) is 4.23. The zero-order valence-corrected chi connectivity index (χ0v) is 22.4. The van der Waals surface area contributed by atoms with Crippen molar-refractivity contribution < 1.29 is 57.7 Å². The van der Waals surface area contributed by atoms with Crippen molar-refractivity contribution in [2.45, 2.75) is 50.7 Å². The molecule has 0 aromatic heterocycles. The lowest BCUT2D eigenvalue weighted by Gasteiger charge is -2.42. The van der Waals surface area contributed by atoms with Crippen molar-refractivity contribution in [2.24, 2.45) is 0 Å². The molecule has 1 aliphatic rings. The minimum Gasteiger partial charge on any atom is -0.504 e. The van der Waals surface area contributed by atoms with E-state index in [9.17, 15) is 19.8 Å². The Morgan fingerprint density at radius 2 is 1.59 bits per heavy atom. The van der Waals surface area contributed by atoms with Crippen molar-refractivity contribution in [1.82, 2.24) is 0 Å². The first-order valence-corrected chi connectivity index (χ1v) is 12.1. The molecule has 0 spiro atoms. The van der Waals surface area contributed by atoms with Crippen LogP contribution >= 0.6 is 0 Å². The van der Waals surface area contributed by atoms with E-state index in [-0.39, 0.29) is 18.1 Å². The molecule has 12 nitrogen and oxygen atoms in total. The second-order valence-electron chi connectivity index (χ2n) is 8.60. The zero-order chi connectivity index (χ0) is 28.5. The molecular formula is C27H34O12. The van der Waals surface area contributed by atoms with Crippen molar-refractivity contribution in [3.05, 3.63) is 48.0 Å². The Morgan fingerprint density at radius 3 is 2.18 bits per heavy atom. The summed E-state index contributed by atoms with van der Waals surface area (Å²) in [5.41, 5.74) is 0.457. The lowest BCUT2D eigenvalue weighted by molar-refractivity contribution is -0.286. The molecule has 0 radical (unpaired) electrons. The molecule has 2 N–H and O–H groups in total. The highest BCUT2D eigenvalue weighted by Crippen LogP contribution is 2.37. The van der Waals surface area contributed by atoms with Gasteiger partial charge in [0.05, 0.1) is 27.4 Å². The Balaban J connectivity index is 2.04. The van der Waals surface area contributed by atoms with Crippen LogP contribution in [0, 0.1) is 0 Å². The summed E-state index contributed by atoms with van der Waals surface area (Å²) >= 11 is 0. The molecule has 2 unspecified atom stereocenters. The van der Waals surface area contributed by atoms with Crippen molar-refractivity contribution in [2.75, 3.05) is 34.5 Å². The summed E-state index contributed by atoms with van der Waals surface area (Å²) in [6.45, 7) is 1.79. The molecule has 1 heterocycles. The van der Waals surface area contributed by atoms with Crippen molar-refractivity contribution in [1.29, 1.82) is 0 Å². The van der Waals surface area contributed by atoms with E-state index in [2.05, 4.69) is 0 Å². The van der Waals surface area contributed by atoms with E-state index in [1.54, 1.807) is 30.3 Å². The maximum Gasteiger partial charge on any atom is 0.303 e. The lowest BCUT2D eigenvalue weighted by Crippen LogP contribution is -2.58. The lowest BCUT2D eigenvalue weighted by atomic mass is 10.0. The SMILES string of the molecule is COc1cc(C(O[C@@H]2CO[C@@H](OC)[C@H](OC(C)=O)[C@H]2OC(C)=O)C(CO)Oc2ccccc2OC)ccc1O. The van der Waals surface area contributed by atoms with E-state index in [1.165, 1.54) is 47.3 Å². The standard InChI is InChI=1S/C27H34O12/c1-15(29)36-25-23(14-35-27(34-5)26(25)37-16(2)30)39-24(17-10-11-18(31)21(12-17)33-4)22(13-28)38-20-9-7-6-8-19(20)32-3/h6-12,22-28,31H,13-14H2,1-5H3/t22?,23-,24?,25+,26-,27-/m1/s1. The molecule has 0 amide bonds. The van der Waals surface area contributed by atoms with Crippen molar-refractivity contribution >= 4 is 11.9 Å². The quantitative estimate of drug-likeness (QED) is 0.373. The van der Waals surface area contributed by atoms with Gasteiger partial charge in [0, 0.05) is 21.0 Å². The number of phenols is 1. The smallest absolute Gasteiger partial charge is 0.303 e. The van der Waals surface area contributed by atoms with E-state index in [4.69, 9.17) is 37.9 Å². The van der Waals surface area contributed by atoms with Gasteiger partial charge in [-0.1, -0.05) is 18.2 Å². The van der Waals surface area contributed by atoms with Crippen LogP contribution in [0.5, 0.6) is 23.0 Å². The summed E-state index contributed by atoms with van der Waals surface area (Å²) in [6.07, 6.45) is -6.35. The van der Waals surface area contributed by atoms with Crippen LogP contribution in [0.25, 0.3) is 0 Å². The minimum atomic E-state index is -1.15. The fourth-order valence-electron chi connectivity index (χ4n) is 4.23. The maximum atomic E-state index is 12.0. The molecule has 0 bridgehead atoms. The number of methoxy groups -OCH3 is 3. The van der Waals surface area contributed by atoms with Gasteiger partial charge in [0.1, 0.15) is 12.2 Å². The number of para-hydroxylation sites is 2. The van der Waals surface area contributed by atoms with Gasteiger partial charge in [-0.25, -0.2) is 0 Å². The van der Waals surface area contributed by atoms with Crippen molar-refractivity contribution in [3.8, 4) is 23.0 Å². The summed E-state index contributed by atoms with van der Waals surface area (Å²) in [6, 6.07) is 11.4. The summed E-state index contributed by atoms with van der Waals surface area (Å²) in [5, 5.41) is 20.6. The van der Waals surface area contributed by atoms with Gasteiger partial charge in [0.25, 0.3) is 0 Å².